The monoisotopic (exact) mass is 255 g/mol. The molecule has 0 aliphatic carbocycles. The van der Waals surface area contributed by atoms with Gasteiger partial charge in [0.25, 0.3) is 0 Å². The van der Waals surface area contributed by atoms with E-state index in [0.717, 1.165) is 17.9 Å². The van der Waals surface area contributed by atoms with E-state index in [1.165, 1.54) is 32.4 Å². The zero-order valence-corrected chi connectivity index (χ0v) is 14.2. The third-order valence-electron chi connectivity index (χ3n) is 4.30. The molecule has 1 saturated heterocycles. The first-order chi connectivity index (χ1) is 8.33. The molecule has 1 fully saturated rings. The van der Waals surface area contributed by atoms with Crippen LogP contribution in [-0.4, -0.2) is 24.0 Å². The molecule has 1 aliphatic rings. The average molecular weight is 255 g/mol. The van der Waals surface area contributed by atoms with E-state index in [0.29, 0.717) is 5.41 Å². The first kappa shape index (κ1) is 18.0. The zero-order chi connectivity index (χ0) is 14.3. The average Bonchev–Trinajstić information content (AvgIpc) is 2.30. The van der Waals surface area contributed by atoms with Gasteiger partial charge in [-0.2, -0.15) is 0 Å². The van der Waals surface area contributed by atoms with Crippen LogP contribution in [0.15, 0.2) is 0 Å². The fraction of sp³-hybridized carbons (Fsp3) is 1.00. The number of rotatable bonds is 4. The third kappa shape index (κ3) is 5.73. The van der Waals surface area contributed by atoms with Crippen molar-refractivity contribution in [3.05, 3.63) is 0 Å². The molecule has 1 heteroatoms. The van der Waals surface area contributed by atoms with Crippen LogP contribution in [0.25, 0.3) is 0 Å². The van der Waals surface area contributed by atoms with Gasteiger partial charge in [0.05, 0.1) is 0 Å². The van der Waals surface area contributed by atoms with Gasteiger partial charge in [-0.05, 0) is 63.5 Å². The Bertz CT molecular complexity index is 198. The van der Waals surface area contributed by atoms with E-state index in [1.54, 1.807) is 0 Å². The SMILES string of the molecule is CC.CC(C)CC(C)(C)C1CCN(C(C)C)CC1. The molecule has 0 N–H and O–H groups in total. The zero-order valence-electron chi connectivity index (χ0n) is 14.2. The molecule has 18 heavy (non-hydrogen) atoms. The van der Waals surface area contributed by atoms with Crippen LogP contribution in [0.1, 0.15) is 74.7 Å². The highest BCUT2D eigenvalue weighted by atomic mass is 15.1. The molecule has 1 aliphatic heterocycles. The van der Waals surface area contributed by atoms with Crippen LogP contribution in [0.3, 0.4) is 0 Å². The van der Waals surface area contributed by atoms with Gasteiger partial charge in [-0.3, -0.25) is 0 Å². The second kappa shape index (κ2) is 8.19. The first-order valence-electron chi connectivity index (χ1n) is 8.07. The number of hydrogen-bond donors (Lipinski definition) is 0. The maximum absolute atomic E-state index is 2.63. The van der Waals surface area contributed by atoms with Crippen LogP contribution in [-0.2, 0) is 0 Å². The Hall–Kier alpha value is -0.0400. The van der Waals surface area contributed by atoms with E-state index in [-0.39, 0.29) is 0 Å². The van der Waals surface area contributed by atoms with Gasteiger partial charge < -0.3 is 4.90 Å². The lowest BCUT2D eigenvalue weighted by Gasteiger charge is -2.42. The summed E-state index contributed by atoms with van der Waals surface area (Å²) >= 11 is 0. The summed E-state index contributed by atoms with van der Waals surface area (Å²) in [5, 5.41) is 0. The standard InChI is InChI=1S/C15H31N.C2H6/c1-12(2)11-15(5,6)14-7-9-16(10-8-14)13(3)4;1-2/h12-14H,7-11H2,1-6H3;1-2H3. The van der Waals surface area contributed by atoms with Crippen LogP contribution in [0.2, 0.25) is 0 Å². The molecule has 110 valence electrons. The summed E-state index contributed by atoms with van der Waals surface area (Å²) in [4.78, 5) is 2.63. The van der Waals surface area contributed by atoms with Crippen molar-refractivity contribution in [2.45, 2.75) is 80.7 Å². The Morgan fingerprint density at radius 2 is 1.44 bits per heavy atom. The lowest BCUT2D eigenvalue weighted by Crippen LogP contribution is -2.42. The quantitative estimate of drug-likeness (QED) is 0.667. The van der Waals surface area contributed by atoms with E-state index in [1.807, 2.05) is 13.8 Å². The van der Waals surface area contributed by atoms with Crippen molar-refractivity contribution >= 4 is 0 Å². The molecule has 0 spiro atoms. The fourth-order valence-electron chi connectivity index (χ4n) is 3.42. The van der Waals surface area contributed by atoms with Crippen LogP contribution >= 0.6 is 0 Å². The van der Waals surface area contributed by atoms with Crippen LogP contribution in [0, 0.1) is 17.3 Å². The number of likely N-dealkylation sites (tertiary alicyclic amines) is 1. The molecular weight excluding hydrogens is 218 g/mol. The second-order valence-corrected chi connectivity index (χ2v) is 6.99. The summed E-state index contributed by atoms with van der Waals surface area (Å²) in [7, 11) is 0. The molecule has 0 amide bonds. The summed E-state index contributed by atoms with van der Waals surface area (Å²) in [5.74, 6) is 1.77. The van der Waals surface area contributed by atoms with Crippen molar-refractivity contribution in [1.82, 2.24) is 4.90 Å². The van der Waals surface area contributed by atoms with Gasteiger partial charge in [0.15, 0.2) is 0 Å². The molecule has 0 aromatic rings. The molecule has 0 unspecified atom stereocenters. The maximum atomic E-state index is 2.63. The Balaban J connectivity index is 0.00000137. The van der Waals surface area contributed by atoms with Crippen molar-refractivity contribution < 1.29 is 0 Å². The van der Waals surface area contributed by atoms with E-state index >= 15 is 0 Å². The van der Waals surface area contributed by atoms with Crippen molar-refractivity contribution in [1.29, 1.82) is 0 Å². The van der Waals surface area contributed by atoms with Gasteiger partial charge in [-0.1, -0.05) is 41.5 Å². The minimum Gasteiger partial charge on any atom is -0.301 e. The normalized spacial score (nSPS) is 19.0. The van der Waals surface area contributed by atoms with E-state index in [9.17, 15) is 0 Å². The molecule has 0 aromatic carbocycles. The van der Waals surface area contributed by atoms with Crippen molar-refractivity contribution in [3.8, 4) is 0 Å². The third-order valence-corrected chi connectivity index (χ3v) is 4.30. The molecule has 0 aromatic heterocycles. The Kier molecular flexibility index (Phi) is 8.18. The van der Waals surface area contributed by atoms with Crippen molar-refractivity contribution in [2.75, 3.05) is 13.1 Å². The Morgan fingerprint density at radius 3 is 1.78 bits per heavy atom. The summed E-state index contributed by atoms with van der Waals surface area (Å²) < 4.78 is 0. The molecule has 1 rings (SSSR count). The highest BCUT2D eigenvalue weighted by molar-refractivity contribution is 4.85. The largest absolute Gasteiger partial charge is 0.301 e. The lowest BCUT2D eigenvalue weighted by atomic mass is 9.69. The molecular formula is C17H37N. The van der Waals surface area contributed by atoms with E-state index in [4.69, 9.17) is 0 Å². The number of hydrogen-bond acceptors (Lipinski definition) is 1. The highest BCUT2D eigenvalue weighted by Crippen LogP contribution is 2.40. The number of nitrogens with zero attached hydrogens (tertiary/aromatic N) is 1. The van der Waals surface area contributed by atoms with E-state index in [2.05, 4.69) is 46.4 Å². The van der Waals surface area contributed by atoms with Gasteiger partial charge in [-0.15, -0.1) is 0 Å². The molecule has 1 nitrogen and oxygen atoms in total. The van der Waals surface area contributed by atoms with Gasteiger partial charge in [0.1, 0.15) is 0 Å². The second-order valence-electron chi connectivity index (χ2n) is 6.99. The van der Waals surface area contributed by atoms with Crippen LogP contribution < -0.4 is 0 Å². The summed E-state index contributed by atoms with van der Waals surface area (Å²) in [6.07, 6.45) is 4.18. The summed E-state index contributed by atoms with van der Waals surface area (Å²) in [5.41, 5.74) is 0.539. The first-order valence-corrected chi connectivity index (χ1v) is 8.07. The van der Waals surface area contributed by atoms with Crippen LogP contribution in [0.5, 0.6) is 0 Å². The van der Waals surface area contributed by atoms with Crippen molar-refractivity contribution in [2.24, 2.45) is 17.3 Å². The molecule has 0 atom stereocenters. The molecule has 0 radical (unpaired) electrons. The summed E-state index contributed by atoms with van der Waals surface area (Å²) in [6, 6.07) is 0.731. The molecule has 1 heterocycles. The smallest absolute Gasteiger partial charge is 0.00385 e. The molecule has 0 saturated carbocycles. The minimum absolute atomic E-state index is 0.539. The number of piperidine rings is 1. The van der Waals surface area contributed by atoms with Gasteiger partial charge in [-0.25, -0.2) is 0 Å². The molecule has 0 bridgehead atoms. The lowest BCUT2D eigenvalue weighted by molar-refractivity contribution is 0.0702. The van der Waals surface area contributed by atoms with Gasteiger partial charge in [0, 0.05) is 6.04 Å². The van der Waals surface area contributed by atoms with Gasteiger partial charge >= 0.3 is 0 Å². The highest BCUT2D eigenvalue weighted by Gasteiger charge is 2.33. The fourth-order valence-corrected chi connectivity index (χ4v) is 3.42. The summed E-state index contributed by atoms with van der Waals surface area (Å²) in [6.45, 7) is 20.9. The minimum atomic E-state index is 0.539. The predicted octanol–water partition coefficient (Wildman–Crippen LogP) is 5.21. The Morgan fingerprint density at radius 1 is 1.00 bits per heavy atom. The topological polar surface area (TPSA) is 3.24 Å². The van der Waals surface area contributed by atoms with E-state index < -0.39 is 0 Å². The van der Waals surface area contributed by atoms with Gasteiger partial charge in [0.2, 0.25) is 0 Å². The Labute approximate surface area is 116 Å². The maximum Gasteiger partial charge on any atom is 0.00385 e. The van der Waals surface area contributed by atoms with Crippen molar-refractivity contribution in [3.63, 3.8) is 0 Å². The van der Waals surface area contributed by atoms with Crippen LogP contribution in [0.4, 0.5) is 0 Å². The predicted molar refractivity (Wildman–Crippen MR) is 84.0 cm³/mol.